The van der Waals surface area contributed by atoms with Gasteiger partial charge < -0.3 is 10.6 Å². The molecule has 0 aliphatic heterocycles. The van der Waals surface area contributed by atoms with Crippen LogP contribution in [0.2, 0.25) is 5.02 Å². The molecule has 92 valence electrons. The van der Waals surface area contributed by atoms with E-state index in [2.05, 4.69) is 20.6 Å². The summed E-state index contributed by atoms with van der Waals surface area (Å²) in [6.45, 7) is 0. The standard InChI is InChI=1S/C12H11ClN4O/c1-14-10-8(4-2-6-15-10)12(18)17-11-9(13)5-3-7-16-11/h2-7H,1H3,(H,14,15)(H,16,17,18). The van der Waals surface area contributed by atoms with Crippen LogP contribution < -0.4 is 10.6 Å². The van der Waals surface area contributed by atoms with Crippen LogP contribution in [0.1, 0.15) is 10.4 Å². The van der Waals surface area contributed by atoms with Crippen molar-refractivity contribution in [3.63, 3.8) is 0 Å². The fourth-order valence-electron chi connectivity index (χ4n) is 1.44. The minimum Gasteiger partial charge on any atom is -0.372 e. The summed E-state index contributed by atoms with van der Waals surface area (Å²) in [5.74, 6) is 0.519. The zero-order valence-electron chi connectivity index (χ0n) is 9.64. The molecule has 0 bridgehead atoms. The Labute approximate surface area is 109 Å². The van der Waals surface area contributed by atoms with E-state index in [0.717, 1.165) is 0 Å². The third kappa shape index (κ3) is 2.57. The summed E-state index contributed by atoms with van der Waals surface area (Å²) in [5, 5.41) is 5.88. The van der Waals surface area contributed by atoms with E-state index in [4.69, 9.17) is 11.6 Å². The van der Waals surface area contributed by atoms with Gasteiger partial charge in [-0.15, -0.1) is 0 Å². The smallest absolute Gasteiger partial charge is 0.260 e. The molecule has 0 unspecified atom stereocenters. The Morgan fingerprint density at radius 3 is 2.50 bits per heavy atom. The molecule has 2 rings (SSSR count). The summed E-state index contributed by atoms with van der Waals surface area (Å²) in [5.41, 5.74) is 0.432. The lowest BCUT2D eigenvalue weighted by molar-refractivity contribution is 0.102. The number of carbonyl (C=O) groups excluding carboxylic acids is 1. The van der Waals surface area contributed by atoms with Crippen LogP contribution in [0.3, 0.4) is 0 Å². The summed E-state index contributed by atoms with van der Waals surface area (Å²) >= 11 is 5.92. The number of amides is 1. The SMILES string of the molecule is CNc1ncccc1C(=O)Nc1ncccc1Cl. The lowest BCUT2D eigenvalue weighted by Gasteiger charge is -2.08. The number of hydrogen-bond donors (Lipinski definition) is 2. The van der Waals surface area contributed by atoms with Crippen molar-refractivity contribution in [2.24, 2.45) is 0 Å². The van der Waals surface area contributed by atoms with E-state index < -0.39 is 0 Å². The second kappa shape index (κ2) is 5.46. The topological polar surface area (TPSA) is 66.9 Å². The van der Waals surface area contributed by atoms with Crippen molar-refractivity contribution in [3.05, 3.63) is 47.2 Å². The maximum absolute atomic E-state index is 12.1. The summed E-state index contributed by atoms with van der Waals surface area (Å²) in [4.78, 5) is 20.1. The summed E-state index contributed by atoms with van der Waals surface area (Å²) in [6, 6.07) is 6.72. The van der Waals surface area contributed by atoms with Gasteiger partial charge in [-0.25, -0.2) is 9.97 Å². The molecule has 0 spiro atoms. The molecule has 0 fully saturated rings. The van der Waals surface area contributed by atoms with Crippen LogP contribution in [0.25, 0.3) is 0 Å². The Bertz CT molecular complexity index is 574. The van der Waals surface area contributed by atoms with Crippen molar-refractivity contribution < 1.29 is 4.79 Å². The monoisotopic (exact) mass is 262 g/mol. The second-order valence-corrected chi connectivity index (χ2v) is 3.84. The minimum absolute atomic E-state index is 0.312. The van der Waals surface area contributed by atoms with E-state index in [1.165, 1.54) is 0 Å². The maximum atomic E-state index is 12.1. The van der Waals surface area contributed by atoms with E-state index in [-0.39, 0.29) is 5.91 Å². The average Bonchev–Trinajstić information content (AvgIpc) is 2.41. The first-order chi connectivity index (χ1) is 8.72. The van der Waals surface area contributed by atoms with Gasteiger partial charge in [-0.2, -0.15) is 0 Å². The van der Waals surface area contributed by atoms with Gasteiger partial charge in [0.05, 0.1) is 10.6 Å². The van der Waals surface area contributed by atoms with Crippen LogP contribution in [0.4, 0.5) is 11.6 Å². The molecule has 0 radical (unpaired) electrons. The van der Waals surface area contributed by atoms with E-state index in [1.54, 1.807) is 43.7 Å². The first-order valence-corrected chi connectivity index (χ1v) is 5.65. The number of hydrogen-bond acceptors (Lipinski definition) is 4. The van der Waals surface area contributed by atoms with Gasteiger partial charge in [0.25, 0.3) is 5.91 Å². The van der Waals surface area contributed by atoms with Crippen molar-refractivity contribution in [1.82, 2.24) is 9.97 Å². The Kier molecular flexibility index (Phi) is 3.74. The highest BCUT2D eigenvalue weighted by molar-refractivity contribution is 6.33. The van der Waals surface area contributed by atoms with E-state index in [0.29, 0.717) is 22.2 Å². The highest BCUT2D eigenvalue weighted by Crippen LogP contribution is 2.19. The predicted octanol–water partition coefficient (Wildman–Crippen LogP) is 2.42. The Morgan fingerprint density at radius 1 is 1.17 bits per heavy atom. The largest absolute Gasteiger partial charge is 0.372 e. The van der Waals surface area contributed by atoms with Crippen LogP contribution in [0, 0.1) is 0 Å². The van der Waals surface area contributed by atoms with E-state index >= 15 is 0 Å². The van der Waals surface area contributed by atoms with Gasteiger partial charge >= 0.3 is 0 Å². The molecular formula is C12H11ClN4O. The highest BCUT2D eigenvalue weighted by Gasteiger charge is 2.13. The molecule has 2 aromatic rings. The first kappa shape index (κ1) is 12.3. The van der Waals surface area contributed by atoms with Crippen LogP contribution >= 0.6 is 11.6 Å². The second-order valence-electron chi connectivity index (χ2n) is 3.44. The number of anilines is 2. The number of rotatable bonds is 3. The number of pyridine rings is 2. The Hall–Kier alpha value is -2.14. The zero-order valence-corrected chi connectivity index (χ0v) is 10.4. The van der Waals surface area contributed by atoms with Crippen LogP contribution in [-0.2, 0) is 0 Å². The van der Waals surface area contributed by atoms with E-state index in [1.807, 2.05) is 0 Å². The highest BCUT2D eigenvalue weighted by atomic mass is 35.5. The zero-order chi connectivity index (χ0) is 13.0. The molecule has 0 aromatic carbocycles. The van der Waals surface area contributed by atoms with Crippen LogP contribution in [0.15, 0.2) is 36.7 Å². The van der Waals surface area contributed by atoms with Crippen molar-refractivity contribution in [1.29, 1.82) is 0 Å². The maximum Gasteiger partial charge on any atom is 0.260 e. The summed E-state index contributed by atoms with van der Waals surface area (Å²) in [6.07, 6.45) is 3.17. The fourth-order valence-corrected chi connectivity index (χ4v) is 1.61. The molecule has 1 amide bonds. The molecule has 2 N–H and O–H groups in total. The van der Waals surface area contributed by atoms with Gasteiger partial charge in [0, 0.05) is 19.4 Å². The molecule has 0 aliphatic carbocycles. The molecule has 0 saturated heterocycles. The van der Waals surface area contributed by atoms with Gasteiger partial charge in [-0.1, -0.05) is 11.6 Å². The number of halogens is 1. The quantitative estimate of drug-likeness (QED) is 0.892. The van der Waals surface area contributed by atoms with Crippen molar-refractivity contribution in [2.45, 2.75) is 0 Å². The van der Waals surface area contributed by atoms with Gasteiger partial charge in [0.15, 0.2) is 5.82 Å². The summed E-state index contributed by atoms with van der Waals surface area (Å²) < 4.78 is 0. The Balaban J connectivity index is 2.25. The van der Waals surface area contributed by atoms with Gasteiger partial charge in [-0.05, 0) is 24.3 Å². The fraction of sp³-hybridized carbons (Fsp3) is 0.0833. The first-order valence-electron chi connectivity index (χ1n) is 5.27. The molecule has 2 heterocycles. The lowest BCUT2D eigenvalue weighted by atomic mass is 10.2. The number of carbonyl (C=O) groups is 1. The molecular weight excluding hydrogens is 252 g/mol. The van der Waals surface area contributed by atoms with Crippen molar-refractivity contribution in [2.75, 3.05) is 17.7 Å². The van der Waals surface area contributed by atoms with E-state index in [9.17, 15) is 4.79 Å². The third-order valence-electron chi connectivity index (χ3n) is 2.28. The third-order valence-corrected chi connectivity index (χ3v) is 2.58. The van der Waals surface area contributed by atoms with Gasteiger partial charge in [-0.3, -0.25) is 4.79 Å². The van der Waals surface area contributed by atoms with Crippen molar-refractivity contribution in [3.8, 4) is 0 Å². The van der Waals surface area contributed by atoms with Gasteiger partial charge in [0.2, 0.25) is 0 Å². The molecule has 6 heteroatoms. The molecule has 0 aliphatic rings. The minimum atomic E-state index is -0.312. The molecule has 0 saturated carbocycles. The van der Waals surface area contributed by atoms with Crippen LogP contribution in [0.5, 0.6) is 0 Å². The normalized spacial score (nSPS) is 9.89. The average molecular weight is 263 g/mol. The molecule has 18 heavy (non-hydrogen) atoms. The number of nitrogens with one attached hydrogen (secondary N) is 2. The predicted molar refractivity (Wildman–Crippen MR) is 71.0 cm³/mol. The van der Waals surface area contributed by atoms with Gasteiger partial charge in [0.1, 0.15) is 5.82 Å². The molecule has 0 atom stereocenters. The summed E-state index contributed by atoms with van der Waals surface area (Å²) in [7, 11) is 1.70. The van der Waals surface area contributed by atoms with Crippen LogP contribution in [-0.4, -0.2) is 22.9 Å². The number of aromatic nitrogens is 2. The van der Waals surface area contributed by atoms with Crippen molar-refractivity contribution >= 4 is 29.1 Å². The number of nitrogens with zero attached hydrogens (tertiary/aromatic N) is 2. The lowest BCUT2D eigenvalue weighted by Crippen LogP contribution is -2.15. The molecule has 2 aromatic heterocycles. The Morgan fingerprint density at radius 2 is 1.83 bits per heavy atom. The molecule has 5 nitrogen and oxygen atoms in total.